The Morgan fingerprint density at radius 1 is 0.919 bits per heavy atom. The molecule has 188 valence electrons. The van der Waals surface area contributed by atoms with Gasteiger partial charge in [0.15, 0.2) is 0 Å². The highest BCUT2D eigenvalue weighted by molar-refractivity contribution is 6.98. The van der Waals surface area contributed by atoms with Crippen LogP contribution in [0.5, 0.6) is 0 Å². The van der Waals surface area contributed by atoms with Crippen molar-refractivity contribution < 1.29 is 9.19 Å². The second-order valence-electron chi connectivity index (χ2n) is 10.4. The summed E-state index contributed by atoms with van der Waals surface area (Å²) in [5, 5.41) is 1.92. The van der Waals surface area contributed by atoms with E-state index < -0.39 is 19.5 Å². The number of alkyl halides is 1. The van der Waals surface area contributed by atoms with E-state index in [1.165, 1.54) is 6.92 Å². The summed E-state index contributed by atoms with van der Waals surface area (Å²) in [6.07, 6.45) is 6.75. The predicted molar refractivity (Wildman–Crippen MR) is 153 cm³/mol. The molecule has 4 aromatic rings. The van der Waals surface area contributed by atoms with E-state index in [9.17, 15) is 9.19 Å². The molecule has 6 heteroatoms. The lowest BCUT2D eigenvalue weighted by Gasteiger charge is -2.43. The van der Waals surface area contributed by atoms with Crippen molar-refractivity contribution in [3.63, 3.8) is 0 Å². The molecule has 0 amide bonds. The molecular formula is C31H30ClFN2OSi. The smallest absolute Gasteiger partial charge is 0.258 e. The average molecular weight is 529 g/mol. The molecule has 2 unspecified atom stereocenters. The molecule has 2 aromatic carbocycles. The van der Waals surface area contributed by atoms with Gasteiger partial charge in [0, 0.05) is 18.3 Å². The number of halogens is 2. The van der Waals surface area contributed by atoms with Gasteiger partial charge in [-0.15, -0.1) is 0 Å². The number of fused-ring (bicyclic) bond motifs is 2. The Kier molecular flexibility index (Phi) is 6.88. The van der Waals surface area contributed by atoms with Gasteiger partial charge in [-0.2, -0.15) is 0 Å². The van der Waals surface area contributed by atoms with Crippen molar-refractivity contribution >= 4 is 42.4 Å². The van der Waals surface area contributed by atoms with Crippen molar-refractivity contribution in [1.82, 2.24) is 9.97 Å². The maximum atomic E-state index is 14.4. The molecule has 37 heavy (non-hydrogen) atoms. The van der Waals surface area contributed by atoms with E-state index >= 15 is 0 Å². The molecule has 0 radical (unpaired) electrons. The van der Waals surface area contributed by atoms with Crippen LogP contribution in [0.3, 0.4) is 0 Å². The second-order valence-corrected chi connectivity index (χ2v) is 14.8. The fourth-order valence-corrected chi connectivity index (χ4v) is 9.47. The molecule has 0 saturated carbocycles. The van der Waals surface area contributed by atoms with Crippen molar-refractivity contribution in [2.24, 2.45) is 0 Å². The van der Waals surface area contributed by atoms with Gasteiger partial charge >= 0.3 is 0 Å². The monoisotopic (exact) mass is 528 g/mol. The van der Waals surface area contributed by atoms with Gasteiger partial charge in [0.25, 0.3) is 8.32 Å². The van der Waals surface area contributed by atoms with E-state index in [4.69, 9.17) is 11.6 Å². The summed E-state index contributed by atoms with van der Waals surface area (Å²) >= 11 is 6.46. The molecule has 0 aliphatic heterocycles. The van der Waals surface area contributed by atoms with Gasteiger partial charge in [-0.1, -0.05) is 92.2 Å². The molecule has 1 aliphatic carbocycles. The van der Waals surface area contributed by atoms with Crippen molar-refractivity contribution in [1.29, 1.82) is 0 Å². The molecule has 5 rings (SSSR count). The number of hydrogen-bond donors (Lipinski definition) is 1. The van der Waals surface area contributed by atoms with Crippen molar-refractivity contribution in [3.8, 4) is 0 Å². The van der Waals surface area contributed by atoms with Crippen molar-refractivity contribution in [2.45, 2.75) is 44.3 Å². The Morgan fingerprint density at radius 3 is 2.14 bits per heavy atom. The van der Waals surface area contributed by atoms with E-state index in [2.05, 4.69) is 23.8 Å². The quantitative estimate of drug-likeness (QED) is 0.283. The maximum absolute atomic E-state index is 14.4. The standard InChI is InChI=1S/C31H30ClFN2OSi/c1-21(33)30-17-26-22(19-34-30)14-15-29-27(16-23(32)20-35-29)28(26)18-31(2,3)37(36,24-10-6-4-7-11-24)25-12-8-5-9-13-25/h4-17,19-21,28,36H,18H2,1-3H3. The van der Waals surface area contributed by atoms with Crippen LogP contribution in [0, 0.1) is 0 Å². The van der Waals surface area contributed by atoms with Crippen molar-refractivity contribution in [2.75, 3.05) is 0 Å². The Hall–Kier alpha value is -3.12. The number of hydrogen-bond acceptors (Lipinski definition) is 3. The predicted octanol–water partition coefficient (Wildman–Crippen LogP) is 6.70. The molecule has 2 aromatic heterocycles. The molecule has 3 nitrogen and oxygen atoms in total. The van der Waals surface area contributed by atoms with Gasteiger partial charge in [0.2, 0.25) is 0 Å². The Balaban J connectivity index is 1.71. The minimum absolute atomic E-state index is 0.173. The van der Waals surface area contributed by atoms with Gasteiger partial charge < -0.3 is 4.80 Å². The van der Waals surface area contributed by atoms with Gasteiger partial charge in [-0.25, -0.2) is 4.39 Å². The zero-order chi connectivity index (χ0) is 26.2. The van der Waals surface area contributed by atoms with Gasteiger partial charge in [-0.05, 0) is 63.7 Å². The van der Waals surface area contributed by atoms with Gasteiger partial charge in [-0.3, -0.25) is 9.97 Å². The van der Waals surface area contributed by atoms with E-state index in [1.54, 1.807) is 12.4 Å². The van der Waals surface area contributed by atoms with E-state index in [0.717, 1.165) is 32.8 Å². The molecule has 1 N–H and O–H groups in total. The molecule has 2 heterocycles. The Bertz CT molecular complexity index is 1400. The zero-order valence-corrected chi connectivity index (χ0v) is 23.0. The minimum atomic E-state index is -3.28. The summed E-state index contributed by atoms with van der Waals surface area (Å²) < 4.78 is 14.4. The van der Waals surface area contributed by atoms with Crippen LogP contribution >= 0.6 is 11.6 Å². The largest absolute Gasteiger partial charge is 0.424 e. The van der Waals surface area contributed by atoms with E-state index in [1.807, 2.05) is 84.9 Å². The summed E-state index contributed by atoms with van der Waals surface area (Å²) in [6.45, 7) is 5.80. The van der Waals surface area contributed by atoms with Crippen LogP contribution in [0.1, 0.15) is 67.4 Å². The summed E-state index contributed by atoms with van der Waals surface area (Å²) in [6, 6.07) is 23.8. The molecule has 0 spiro atoms. The van der Waals surface area contributed by atoms with Crippen LogP contribution in [-0.2, 0) is 0 Å². The highest BCUT2D eigenvalue weighted by Gasteiger charge is 2.51. The first-order valence-corrected chi connectivity index (χ1v) is 14.8. The third kappa shape index (κ3) is 4.68. The molecule has 0 bridgehead atoms. The lowest BCUT2D eigenvalue weighted by atomic mass is 9.82. The number of pyridine rings is 2. The lowest BCUT2D eigenvalue weighted by Crippen LogP contribution is -2.65. The summed E-state index contributed by atoms with van der Waals surface area (Å²) in [5.74, 6) is -0.173. The fraction of sp³-hybridized carbons (Fsp3) is 0.226. The number of nitrogens with zero attached hydrogens (tertiary/aromatic N) is 2. The normalized spacial score (nSPS) is 16.0. The van der Waals surface area contributed by atoms with Crippen LogP contribution in [0.4, 0.5) is 4.39 Å². The molecule has 1 aliphatic rings. The zero-order valence-electron chi connectivity index (χ0n) is 21.2. The van der Waals surface area contributed by atoms with E-state index in [0.29, 0.717) is 17.1 Å². The van der Waals surface area contributed by atoms with Crippen molar-refractivity contribution in [3.05, 3.63) is 118 Å². The fourth-order valence-electron chi connectivity index (χ4n) is 5.56. The van der Waals surface area contributed by atoms with Crippen LogP contribution in [0.15, 0.2) is 85.2 Å². The average Bonchev–Trinajstić information content (AvgIpc) is 3.05. The molecule has 0 saturated heterocycles. The molecule has 2 atom stereocenters. The minimum Gasteiger partial charge on any atom is -0.424 e. The third-order valence-electron chi connectivity index (χ3n) is 7.56. The van der Waals surface area contributed by atoms with Crippen LogP contribution in [-0.4, -0.2) is 23.1 Å². The Morgan fingerprint density at radius 2 is 1.54 bits per heavy atom. The van der Waals surface area contributed by atoms with Gasteiger partial charge in [0.1, 0.15) is 6.17 Å². The molecule has 0 fully saturated rings. The maximum Gasteiger partial charge on any atom is 0.258 e. The molecular weight excluding hydrogens is 499 g/mol. The number of aromatic nitrogens is 2. The number of rotatable bonds is 6. The second kappa shape index (κ2) is 9.97. The Labute approximate surface area is 223 Å². The highest BCUT2D eigenvalue weighted by atomic mass is 35.5. The first-order chi connectivity index (χ1) is 17.7. The van der Waals surface area contributed by atoms with Crippen LogP contribution < -0.4 is 10.4 Å². The van der Waals surface area contributed by atoms with E-state index in [-0.39, 0.29) is 5.92 Å². The summed E-state index contributed by atoms with van der Waals surface area (Å²) in [7, 11) is -3.28. The number of benzene rings is 2. The first kappa shape index (κ1) is 25.5. The summed E-state index contributed by atoms with van der Waals surface area (Å²) in [4.78, 5) is 21.8. The third-order valence-corrected chi connectivity index (χ3v) is 12.3. The van der Waals surface area contributed by atoms with Crippen LogP contribution in [0.25, 0.3) is 12.2 Å². The SMILES string of the molecule is CC(F)c1cc2c(cn1)C=Cc1ncc(Cl)cc1C2CC(C)(C)[Si](O)(c1ccccc1)c1ccccc1. The lowest BCUT2D eigenvalue weighted by molar-refractivity contribution is 0.365. The highest BCUT2D eigenvalue weighted by Crippen LogP contribution is 2.49. The van der Waals surface area contributed by atoms with Gasteiger partial charge in [0.05, 0.1) is 16.4 Å². The first-order valence-electron chi connectivity index (χ1n) is 12.5. The topological polar surface area (TPSA) is 46.0 Å². The van der Waals surface area contributed by atoms with Crippen LogP contribution in [0.2, 0.25) is 10.1 Å². The summed E-state index contributed by atoms with van der Waals surface area (Å²) in [5.41, 5.74) is 4.08.